The molecule has 0 aliphatic rings. The van der Waals surface area contributed by atoms with Gasteiger partial charge in [0.15, 0.2) is 0 Å². The molecule has 1 heterocycles. The summed E-state index contributed by atoms with van der Waals surface area (Å²) in [5.74, 6) is -0.0444. The van der Waals surface area contributed by atoms with Gasteiger partial charge in [-0.25, -0.2) is 4.79 Å². The van der Waals surface area contributed by atoms with Gasteiger partial charge in [-0.05, 0) is 31.5 Å². The number of carbonyl (C=O) groups is 1. The van der Waals surface area contributed by atoms with Crippen LogP contribution >= 0.6 is 15.9 Å². The van der Waals surface area contributed by atoms with Gasteiger partial charge in [0, 0.05) is 15.4 Å². The first-order valence-electron chi connectivity index (χ1n) is 5.29. The van der Waals surface area contributed by atoms with Crippen LogP contribution in [-0.2, 0) is 4.74 Å². The molecule has 0 fully saturated rings. The number of aromatic nitrogens is 1. The van der Waals surface area contributed by atoms with Crippen LogP contribution in [-0.4, -0.2) is 17.6 Å². The second kappa shape index (κ2) is 4.41. The third-order valence-electron chi connectivity index (χ3n) is 2.67. The van der Waals surface area contributed by atoms with E-state index in [1.165, 1.54) is 0 Å². The Kier molecular flexibility index (Phi) is 3.11. The zero-order valence-corrected chi connectivity index (χ0v) is 11.2. The van der Waals surface area contributed by atoms with Crippen LogP contribution in [0.15, 0.2) is 16.6 Å². The predicted molar refractivity (Wildman–Crippen MR) is 71.1 cm³/mol. The first kappa shape index (κ1) is 12.0. The van der Waals surface area contributed by atoms with Gasteiger partial charge in [0.05, 0.1) is 6.61 Å². The highest BCUT2D eigenvalue weighted by atomic mass is 79.9. The Labute approximate surface area is 107 Å². The maximum absolute atomic E-state index is 11.9. The highest BCUT2D eigenvalue weighted by Gasteiger charge is 2.20. The highest BCUT2D eigenvalue weighted by Crippen LogP contribution is 2.32. The van der Waals surface area contributed by atoms with Gasteiger partial charge in [-0.2, -0.15) is 0 Å². The molecule has 0 aliphatic heterocycles. The number of hydrogen-bond donors (Lipinski definition) is 2. The number of benzene rings is 1. The number of aromatic amines is 1. The minimum atomic E-state index is -0.391. The SMILES string of the molecule is CCOC(=O)c1c(N)[nH]c2ccc(Br)c(C)c12. The number of rotatable bonds is 2. The molecule has 4 nitrogen and oxygen atoms in total. The third kappa shape index (κ3) is 1.91. The quantitative estimate of drug-likeness (QED) is 0.837. The zero-order chi connectivity index (χ0) is 12.6. The Morgan fingerprint density at radius 2 is 2.24 bits per heavy atom. The average molecular weight is 297 g/mol. The molecule has 2 aromatic rings. The Morgan fingerprint density at radius 1 is 1.53 bits per heavy atom. The summed E-state index contributed by atoms with van der Waals surface area (Å²) in [7, 11) is 0. The number of carbonyl (C=O) groups excluding carboxylic acids is 1. The number of hydrogen-bond acceptors (Lipinski definition) is 3. The number of H-pyrrole nitrogens is 1. The van der Waals surface area contributed by atoms with E-state index in [4.69, 9.17) is 10.5 Å². The van der Waals surface area contributed by atoms with Crippen molar-refractivity contribution in [3.63, 3.8) is 0 Å². The van der Waals surface area contributed by atoms with Crippen molar-refractivity contribution in [3.8, 4) is 0 Å². The Balaban J connectivity index is 2.73. The lowest BCUT2D eigenvalue weighted by Gasteiger charge is -2.04. The Bertz CT molecular complexity index is 590. The first-order valence-corrected chi connectivity index (χ1v) is 6.09. The summed E-state index contributed by atoms with van der Waals surface area (Å²) in [4.78, 5) is 14.9. The molecule has 0 aliphatic carbocycles. The molecular formula is C12H13BrN2O2. The normalized spacial score (nSPS) is 10.8. The van der Waals surface area contributed by atoms with Crippen molar-refractivity contribution < 1.29 is 9.53 Å². The molecule has 17 heavy (non-hydrogen) atoms. The van der Waals surface area contributed by atoms with Crippen LogP contribution < -0.4 is 5.73 Å². The lowest BCUT2D eigenvalue weighted by molar-refractivity contribution is 0.0530. The molecule has 2 rings (SSSR count). The number of halogens is 1. The molecule has 1 aromatic heterocycles. The van der Waals surface area contributed by atoms with Gasteiger partial charge in [0.2, 0.25) is 0 Å². The van der Waals surface area contributed by atoms with E-state index in [1.807, 2.05) is 19.1 Å². The molecule has 0 amide bonds. The number of esters is 1. The van der Waals surface area contributed by atoms with Gasteiger partial charge in [-0.3, -0.25) is 0 Å². The van der Waals surface area contributed by atoms with Gasteiger partial charge in [0.1, 0.15) is 11.4 Å². The highest BCUT2D eigenvalue weighted by molar-refractivity contribution is 9.10. The summed E-state index contributed by atoms with van der Waals surface area (Å²) in [6.07, 6.45) is 0. The van der Waals surface area contributed by atoms with Crippen LogP contribution in [0.1, 0.15) is 22.8 Å². The van der Waals surface area contributed by atoms with Crippen molar-refractivity contribution in [1.29, 1.82) is 0 Å². The van der Waals surface area contributed by atoms with Gasteiger partial charge in [0.25, 0.3) is 0 Å². The van der Waals surface area contributed by atoms with Crippen molar-refractivity contribution in [2.45, 2.75) is 13.8 Å². The molecule has 0 spiro atoms. The summed E-state index contributed by atoms with van der Waals surface area (Å²) >= 11 is 3.44. The van der Waals surface area contributed by atoms with Gasteiger partial charge in [-0.15, -0.1) is 0 Å². The summed E-state index contributed by atoms with van der Waals surface area (Å²) in [6.45, 7) is 4.03. The second-order valence-electron chi connectivity index (χ2n) is 3.73. The molecule has 3 N–H and O–H groups in total. The molecule has 0 saturated carbocycles. The summed E-state index contributed by atoms with van der Waals surface area (Å²) < 4.78 is 5.96. The van der Waals surface area contributed by atoms with Crippen molar-refractivity contribution in [2.24, 2.45) is 0 Å². The Morgan fingerprint density at radius 3 is 2.88 bits per heavy atom. The molecule has 0 bridgehead atoms. The lowest BCUT2D eigenvalue weighted by Crippen LogP contribution is -2.07. The number of nitrogen functional groups attached to an aromatic ring is 1. The number of nitrogens with two attached hydrogens (primary N) is 1. The van der Waals surface area contributed by atoms with Crippen molar-refractivity contribution in [3.05, 3.63) is 27.7 Å². The zero-order valence-electron chi connectivity index (χ0n) is 9.63. The van der Waals surface area contributed by atoms with Crippen molar-refractivity contribution in [2.75, 3.05) is 12.3 Å². The van der Waals surface area contributed by atoms with E-state index in [0.29, 0.717) is 18.0 Å². The van der Waals surface area contributed by atoms with E-state index in [0.717, 1.165) is 20.9 Å². The fraction of sp³-hybridized carbons (Fsp3) is 0.250. The standard InChI is InChI=1S/C12H13BrN2O2/c1-3-17-12(16)10-9-6(2)7(13)4-5-8(9)15-11(10)14/h4-5,15H,3,14H2,1-2H3. The molecule has 90 valence electrons. The number of nitrogens with one attached hydrogen (secondary N) is 1. The van der Waals surface area contributed by atoms with Crippen LogP contribution in [0, 0.1) is 6.92 Å². The minimum Gasteiger partial charge on any atom is -0.462 e. The fourth-order valence-electron chi connectivity index (χ4n) is 1.87. The maximum Gasteiger partial charge on any atom is 0.342 e. The van der Waals surface area contributed by atoms with Crippen LogP contribution in [0.2, 0.25) is 0 Å². The minimum absolute atomic E-state index is 0.331. The first-order chi connectivity index (χ1) is 8.06. The summed E-state index contributed by atoms with van der Waals surface area (Å²) in [5.41, 5.74) is 8.06. The maximum atomic E-state index is 11.9. The number of ether oxygens (including phenoxy) is 1. The second-order valence-corrected chi connectivity index (χ2v) is 4.58. The van der Waals surface area contributed by atoms with E-state index in [2.05, 4.69) is 20.9 Å². The molecule has 1 aromatic carbocycles. The summed E-state index contributed by atoms with van der Waals surface area (Å²) in [5, 5.41) is 0.815. The number of aryl methyl sites for hydroxylation is 1. The van der Waals surface area contributed by atoms with Crippen molar-refractivity contribution in [1.82, 2.24) is 4.98 Å². The van der Waals surface area contributed by atoms with E-state index >= 15 is 0 Å². The monoisotopic (exact) mass is 296 g/mol. The van der Waals surface area contributed by atoms with Crippen LogP contribution in [0.4, 0.5) is 5.82 Å². The van der Waals surface area contributed by atoms with Gasteiger partial charge >= 0.3 is 5.97 Å². The molecular weight excluding hydrogens is 284 g/mol. The van der Waals surface area contributed by atoms with Crippen LogP contribution in [0.25, 0.3) is 10.9 Å². The van der Waals surface area contributed by atoms with E-state index in [9.17, 15) is 4.79 Å². The lowest BCUT2D eigenvalue weighted by atomic mass is 10.1. The number of anilines is 1. The van der Waals surface area contributed by atoms with E-state index in [1.54, 1.807) is 6.92 Å². The Hall–Kier alpha value is -1.49. The van der Waals surface area contributed by atoms with Gasteiger partial charge < -0.3 is 15.5 Å². The molecule has 0 saturated heterocycles. The molecule has 5 heteroatoms. The molecule has 0 atom stereocenters. The van der Waals surface area contributed by atoms with E-state index in [-0.39, 0.29) is 0 Å². The largest absolute Gasteiger partial charge is 0.462 e. The average Bonchev–Trinajstić information content (AvgIpc) is 2.61. The molecule has 0 radical (unpaired) electrons. The van der Waals surface area contributed by atoms with Gasteiger partial charge in [-0.1, -0.05) is 15.9 Å². The topological polar surface area (TPSA) is 68.1 Å². The third-order valence-corrected chi connectivity index (χ3v) is 3.53. The van der Waals surface area contributed by atoms with Crippen LogP contribution in [0.5, 0.6) is 0 Å². The predicted octanol–water partition coefficient (Wildman–Crippen LogP) is 3.00. The van der Waals surface area contributed by atoms with Crippen molar-refractivity contribution >= 4 is 38.6 Å². The van der Waals surface area contributed by atoms with Crippen LogP contribution in [0.3, 0.4) is 0 Å². The smallest absolute Gasteiger partial charge is 0.342 e. The van der Waals surface area contributed by atoms with E-state index < -0.39 is 5.97 Å². The fourth-order valence-corrected chi connectivity index (χ4v) is 2.20. The molecule has 0 unspecified atom stereocenters. The summed E-state index contributed by atoms with van der Waals surface area (Å²) in [6, 6.07) is 3.80. The number of fused-ring (bicyclic) bond motifs is 1.